The first kappa shape index (κ1) is 15.9. The third kappa shape index (κ3) is 3.72. The molecule has 1 aromatic carbocycles. The monoisotopic (exact) mass is 354 g/mol. The molecule has 2 N–H and O–H groups in total. The van der Waals surface area contributed by atoms with Crippen LogP contribution >= 0.6 is 11.3 Å². The first-order valence-electron chi connectivity index (χ1n) is 8.07. The number of rotatable bonds is 4. The van der Waals surface area contributed by atoms with Gasteiger partial charge in [0, 0.05) is 31.4 Å². The van der Waals surface area contributed by atoms with Crippen molar-refractivity contribution in [3.63, 3.8) is 0 Å². The molecule has 1 fully saturated rings. The van der Waals surface area contributed by atoms with Crippen molar-refractivity contribution >= 4 is 22.3 Å². The molecule has 0 saturated carbocycles. The lowest BCUT2D eigenvalue weighted by Crippen LogP contribution is -2.36. The fourth-order valence-electron chi connectivity index (χ4n) is 2.66. The number of nitrogen functional groups attached to an aromatic ring is 1. The molecule has 25 heavy (non-hydrogen) atoms. The molecule has 0 radical (unpaired) electrons. The third-order valence-corrected chi connectivity index (χ3v) is 4.72. The Morgan fingerprint density at radius 1 is 1.08 bits per heavy atom. The van der Waals surface area contributed by atoms with E-state index in [1.54, 1.807) is 6.20 Å². The number of ether oxygens (including phenoxy) is 2. The van der Waals surface area contributed by atoms with Crippen LogP contribution in [-0.4, -0.2) is 36.3 Å². The van der Waals surface area contributed by atoms with Crippen LogP contribution in [0.3, 0.4) is 0 Å². The minimum absolute atomic E-state index is 0.527. The summed E-state index contributed by atoms with van der Waals surface area (Å²) in [5.74, 6) is 2.40. The van der Waals surface area contributed by atoms with E-state index in [0.717, 1.165) is 41.0 Å². The molecule has 1 aliphatic heterocycles. The highest BCUT2D eigenvalue weighted by Gasteiger charge is 2.16. The van der Waals surface area contributed by atoms with Gasteiger partial charge in [0.25, 0.3) is 0 Å². The summed E-state index contributed by atoms with van der Waals surface area (Å²) in [7, 11) is 0. The van der Waals surface area contributed by atoms with Crippen LogP contribution in [0.5, 0.6) is 11.5 Å². The number of thiazole rings is 1. The molecule has 1 aliphatic rings. The number of morpholine rings is 1. The van der Waals surface area contributed by atoms with Gasteiger partial charge in [0.15, 0.2) is 5.13 Å². The van der Waals surface area contributed by atoms with Crippen LogP contribution in [0.1, 0.15) is 0 Å². The molecule has 6 nitrogen and oxygen atoms in total. The second-order valence-electron chi connectivity index (χ2n) is 5.62. The van der Waals surface area contributed by atoms with Crippen LogP contribution < -0.4 is 15.4 Å². The first-order chi connectivity index (χ1) is 12.3. The molecule has 2 aromatic heterocycles. The Morgan fingerprint density at radius 2 is 1.88 bits per heavy atom. The molecule has 3 heterocycles. The predicted octanol–water partition coefficient (Wildman–Crippen LogP) is 3.42. The molecule has 0 aliphatic carbocycles. The van der Waals surface area contributed by atoms with Crippen LogP contribution in [0, 0.1) is 0 Å². The van der Waals surface area contributed by atoms with E-state index in [4.69, 9.17) is 20.2 Å². The minimum atomic E-state index is 0.527. The number of benzene rings is 1. The lowest BCUT2D eigenvalue weighted by atomic mass is 10.2. The Hall–Kier alpha value is -2.64. The van der Waals surface area contributed by atoms with Crippen molar-refractivity contribution in [3.8, 4) is 22.1 Å². The number of nitrogens with zero attached hydrogens (tertiary/aromatic N) is 3. The summed E-state index contributed by atoms with van der Waals surface area (Å²) in [6.45, 7) is 3.03. The maximum Gasteiger partial charge on any atom is 0.180 e. The molecule has 128 valence electrons. The van der Waals surface area contributed by atoms with Gasteiger partial charge in [-0.3, -0.25) is 0 Å². The van der Waals surface area contributed by atoms with Crippen molar-refractivity contribution in [2.24, 2.45) is 0 Å². The van der Waals surface area contributed by atoms with Gasteiger partial charge < -0.3 is 20.1 Å². The number of hydrogen-bond donors (Lipinski definition) is 1. The molecule has 0 bridgehead atoms. The summed E-state index contributed by atoms with van der Waals surface area (Å²) in [4.78, 5) is 12.0. The van der Waals surface area contributed by atoms with E-state index < -0.39 is 0 Å². The second kappa shape index (κ2) is 7.08. The zero-order valence-corrected chi connectivity index (χ0v) is 14.4. The highest BCUT2D eigenvalue weighted by molar-refractivity contribution is 7.18. The standard InChI is InChI=1S/C18H18N4O2S/c19-18-20-12-16(25-18)15-10-14(24-13-4-2-1-3-5-13)11-17(21-15)22-6-8-23-9-7-22/h1-5,10-12H,6-9H2,(H2,19,20). The van der Waals surface area contributed by atoms with Crippen molar-refractivity contribution in [3.05, 3.63) is 48.7 Å². The summed E-state index contributed by atoms with van der Waals surface area (Å²) >= 11 is 1.42. The lowest BCUT2D eigenvalue weighted by Gasteiger charge is -2.28. The first-order valence-corrected chi connectivity index (χ1v) is 8.89. The molecule has 0 atom stereocenters. The van der Waals surface area contributed by atoms with Gasteiger partial charge in [-0.25, -0.2) is 9.97 Å². The Kier molecular flexibility index (Phi) is 4.49. The van der Waals surface area contributed by atoms with Crippen molar-refractivity contribution in [1.29, 1.82) is 0 Å². The van der Waals surface area contributed by atoms with Crippen LogP contribution in [0.2, 0.25) is 0 Å². The van der Waals surface area contributed by atoms with Crippen molar-refractivity contribution in [2.45, 2.75) is 0 Å². The van der Waals surface area contributed by atoms with Crippen molar-refractivity contribution in [1.82, 2.24) is 9.97 Å². The van der Waals surface area contributed by atoms with Crippen LogP contribution in [0.25, 0.3) is 10.6 Å². The van der Waals surface area contributed by atoms with E-state index in [1.165, 1.54) is 11.3 Å². The van der Waals surface area contributed by atoms with Gasteiger partial charge in [-0.1, -0.05) is 29.5 Å². The number of pyridine rings is 1. The predicted molar refractivity (Wildman–Crippen MR) is 99.3 cm³/mol. The van der Waals surface area contributed by atoms with Crippen LogP contribution in [-0.2, 0) is 4.74 Å². The number of hydrogen-bond acceptors (Lipinski definition) is 7. The topological polar surface area (TPSA) is 73.5 Å². The summed E-state index contributed by atoms with van der Waals surface area (Å²) in [5, 5.41) is 0.527. The number of nitrogens with two attached hydrogens (primary N) is 1. The molecule has 0 amide bonds. The molecular weight excluding hydrogens is 336 g/mol. The van der Waals surface area contributed by atoms with E-state index in [-0.39, 0.29) is 0 Å². The summed E-state index contributed by atoms with van der Waals surface area (Å²) in [5.41, 5.74) is 6.59. The van der Waals surface area contributed by atoms with Crippen LogP contribution in [0.15, 0.2) is 48.7 Å². The van der Waals surface area contributed by atoms with Gasteiger partial charge in [-0.15, -0.1) is 0 Å². The van der Waals surface area contributed by atoms with Gasteiger partial charge >= 0.3 is 0 Å². The molecule has 0 spiro atoms. The number of para-hydroxylation sites is 1. The fourth-order valence-corrected chi connectivity index (χ4v) is 3.31. The Morgan fingerprint density at radius 3 is 2.60 bits per heavy atom. The zero-order chi connectivity index (χ0) is 17.1. The van der Waals surface area contributed by atoms with E-state index in [2.05, 4.69) is 9.88 Å². The van der Waals surface area contributed by atoms with Crippen molar-refractivity contribution in [2.75, 3.05) is 36.9 Å². The summed E-state index contributed by atoms with van der Waals surface area (Å²) in [6.07, 6.45) is 1.75. The average molecular weight is 354 g/mol. The van der Waals surface area contributed by atoms with E-state index in [1.807, 2.05) is 42.5 Å². The van der Waals surface area contributed by atoms with Gasteiger partial charge in [-0.05, 0) is 12.1 Å². The van der Waals surface area contributed by atoms with Crippen LogP contribution in [0.4, 0.5) is 10.9 Å². The van der Waals surface area contributed by atoms with E-state index in [0.29, 0.717) is 18.3 Å². The van der Waals surface area contributed by atoms with Gasteiger partial charge in [0.05, 0.1) is 23.8 Å². The van der Waals surface area contributed by atoms with Gasteiger partial charge in [0.1, 0.15) is 17.3 Å². The molecule has 1 saturated heterocycles. The largest absolute Gasteiger partial charge is 0.457 e. The smallest absolute Gasteiger partial charge is 0.180 e. The third-order valence-electron chi connectivity index (χ3n) is 3.88. The Labute approximate surface area is 149 Å². The highest BCUT2D eigenvalue weighted by atomic mass is 32.1. The summed E-state index contributed by atoms with van der Waals surface area (Å²) < 4.78 is 11.5. The Bertz CT molecular complexity index is 847. The van der Waals surface area contributed by atoms with Gasteiger partial charge in [-0.2, -0.15) is 0 Å². The molecule has 3 aromatic rings. The molecular formula is C18H18N4O2S. The minimum Gasteiger partial charge on any atom is -0.457 e. The second-order valence-corrected chi connectivity index (χ2v) is 6.69. The highest BCUT2D eigenvalue weighted by Crippen LogP contribution is 2.33. The Balaban J connectivity index is 1.71. The lowest BCUT2D eigenvalue weighted by molar-refractivity contribution is 0.122. The SMILES string of the molecule is Nc1ncc(-c2cc(Oc3ccccc3)cc(N3CCOCC3)n2)s1. The fraction of sp³-hybridized carbons (Fsp3) is 0.222. The van der Waals surface area contributed by atoms with Crippen molar-refractivity contribution < 1.29 is 9.47 Å². The quantitative estimate of drug-likeness (QED) is 0.774. The number of anilines is 2. The maximum atomic E-state index is 6.03. The number of aromatic nitrogens is 2. The van der Waals surface area contributed by atoms with E-state index >= 15 is 0 Å². The maximum absolute atomic E-state index is 6.03. The normalized spacial score (nSPS) is 14.5. The molecule has 7 heteroatoms. The molecule has 4 rings (SSSR count). The summed E-state index contributed by atoms with van der Waals surface area (Å²) in [6, 6.07) is 13.6. The average Bonchev–Trinajstić information content (AvgIpc) is 3.10. The molecule has 0 unspecified atom stereocenters. The zero-order valence-electron chi connectivity index (χ0n) is 13.6. The van der Waals surface area contributed by atoms with E-state index in [9.17, 15) is 0 Å². The van der Waals surface area contributed by atoms with Gasteiger partial charge in [0.2, 0.25) is 0 Å².